The van der Waals surface area contributed by atoms with Crippen LogP contribution < -0.4 is 5.69 Å². The second kappa shape index (κ2) is 2.91. The van der Waals surface area contributed by atoms with Crippen molar-refractivity contribution < 1.29 is 0 Å². The molecule has 3 aromatic rings. The fourth-order valence-electron chi connectivity index (χ4n) is 1.94. The van der Waals surface area contributed by atoms with Crippen molar-refractivity contribution in [1.29, 1.82) is 0 Å². The third-order valence-electron chi connectivity index (χ3n) is 2.94. The number of benzene rings is 1. The summed E-state index contributed by atoms with van der Waals surface area (Å²) in [5, 5.41) is 4.86. The summed E-state index contributed by atoms with van der Waals surface area (Å²) in [5.74, 6) is 0. The Balaban J connectivity index is 2.72. The molecule has 1 aromatic carbocycles. The van der Waals surface area contributed by atoms with Crippen LogP contribution >= 0.6 is 0 Å². The van der Waals surface area contributed by atoms with E-state index in [1.54, 1.807) is 0 Å². The zero-order valence-corrected chi connectivity index (χ0v) is 8.98. The zero-order chi connectivity index (χ0) is 11.3. The summed E-state index contributed by atoms with van der Waals surface area (Å²) < 4.78 is 1.29. The Morgan fingerprint density at radius 2 is 2.12 bits per heavy atom. The van der Waals surface area contributed by atoms with Gasteiger partial charge < -0.3 is 4.98 Å². The Kier molecular flexibility index (Phi) is 1.65. The molecule has 5 heteroatoms. The molecule has 80 valence electrons. The van der Waals surface area contributed by atoms with Crippen LogP contribution in [-0.2, 0) is 0 Å². The highest BCUT2D eigenvalue weighted by atomic mass is 16.1. The minimum absolute atomic E-state index is 0.261. The molecule has 0 fully saturated rings. The van der Waals surface area contributed by atoms with Crippen LogP contribution in [0.1, 0.15) is 11.1 Å². The van der Waals surface area contributed by atoms with Crippen LogP contribution in [0.4, 0.5) is 0 Å². The lowest BCUT2D eigenvalue weighted by atomic mass is 10.1. The molecule has 0 saturated heterocycles. The van der Waals surface area contributed by atoms with Gasteiger partial charge in [-0.15, -0.1) is 0 Å². The molecule has 0 aliphatic rings. The van der Waals surface area contributed by atoms with Crippen LogP contribution in [0, 0.1) is 13.8 Å². The van der Waals surface area contributed by atoms with Crippen LogP contribution in [0.2, 0.25) is 0 Å². The molecule has 0 aliphatic heterocycles. The van der Waals surface area contributed by atoms with Gasteiger partial charge in [-0.3, -0.25) is 0 Å². The summed E-state index contributed by atoms with van der Waals surface area (Å²) >= 11 is 0. The molecule has 1 N–H and O–H groups in total. The standard InChI is InChI=1S/C11H10N4O/c1-6-3-4-8-9(7(6)2)10-12-5-13-15(10)11(16)14-8/h3-5H,1-2H3,(H,14,16). The van der Waals surface area contributed by atoms with E-state index in [1.807, 2.05) is 26.0 Å². The van der Waals surface area contributed by atoms with E-state index in [4.69, 9.17) is 0 Å². The van der Waals surface area contributed by atoms with Gasteiger partial charge in [-0.05, 0) is 31.0 Å². The molecule has 0 bridgehead atoms. The van der Waals surface area contributed by atoms with Crippen LogP contribution in [0.25, 0.3) is 16.6 Å². The van der Waals surface area contributed by atoms with Gasteiger partial charge in [0.15, 0.2) is 5.65 Å². The van der Waals surface area contributed by atoms with Gasteiger partial charge >= 0.3 is 5.69 Å². The minimum atomic E-state index is -0.261. The Morgan fingerprint density at radius 3 is 2.94 bits per heavy atom. The van der Waals surface area contributed by atoms with Crippen LogP contribution in [0.15, 0.2) is 23.3 Å². The predicted molar refractivity (Wildman–Crippen MR) is 60.6 cm³/mol. The molecule has 0 saturated carbocycles. The molecule has 5 nitrogen and oxygen atoms in total. The van der Waals surface area contributed by atoms with Crippen molar-refractivity contribution in [2.45, 2.75) is 13.8 Å². The first-order chi connectivity index (χ1) is 7.68. The van der Waals surface area contributed by atoms with Gasteiger partial charge in [0.2, 0.25) is 0 Å². The lowest BCUT2D eigenvalue weighted by Crippen LogP contribution is -2.17. The van der Waals surface area contributed by atoms with E-state index in [9.17, 15) is 4.79 Å². The number of aromatic nitrogens is 4. The lowest BCUT2D eigenvalue weighted by molar-refractivity contribution is 0.881. The van der Waals surface area contributed by atoms with Gasteiger partial charge in [0.05, 0.1) is 5.52 Å². The van der Waals surface area contributed by atoms with Crippen LogP contribution in [0.5, 0.6) is 0 Å². The van der Waals surface area contributed by atoms with Gasteiger partial charge in [-0.2, -0.15) is 9.61 Å². The number of fused-ring (bicyclic) bond motifs is 3. The number of nitrogens with one attached hydrogen (secondary N) is 1. The molecular formula is C11H10N4O. The fraction of sp³-hybridized carbons (Fsp3) is 0.182. The highest BCUT2D eigenvalue weighted by Gasteiger charge is 2.09. The van der Waals surface area contributed by atoms with E-state index in [1.165, 1.54) is 16.4 Å². The summed E-state index contributed by atoms with van der Waals surface area (Å²) in [6.07, 6.45) is 1.39. The molecule has 0 amide bonds. The second-order valence-corrected chi connectivity index (χ2v) is 3.86. The SMILES string of the molecule is Cc1ccc2[nH]c(=O)n3ncnc3c2c1C. The van der Waals surface area contributed by atoms with Crippen molar-refractivity contribution in [2.24, 2.45) is 0 Å². The lowest BCUT2D eigenvalue weighted by Gasteiger charge is -2.05. The number of H-pyrrole nitrogens is 1. The molecular weight excluding hydrogens is 204 g/mol. The first kappa shape index (κ1) is 9.08. The van der Waals surface area contributed by atoms with Gasteiger partial charge in [0.25, 0.3) is 0 Å². The van der Waals surface area contributed by atoms with Crippen LogP contribution in [-0.4, -0.2) is 19.6 Å². The highest BCUT2D eigenvalue weighted by molar-refractivity contribution is 5.94. The van der Waals surface area contributed by atoms with E-state index in [2.05, 4.69) is 15.1 Å². The quantitative estimate of drug-likeness (QED) is 0.611. The topological polar surface area (TPSA) is 63.0 Å². The zero-order valence-electron chi connectivity index (χ0n) is 8.98. The third kappa shape index (κ3) is 1.02. The molecule has 2 heterocycles. The normalized spacial score (nSPS) is 11.4. The van der Waals surface area contributed by atoms with Crippen LogP contribution in [0.3, 0.4) is 0 Å². The average molecular weight is 214 g/mol. The van der Waals surface area contributed by atoms with Gasteiger partial charge in [-0.1, -0.05) is 6.07 Å². The number of aromatic amines is 1. The van der Waals surface area contributed by atoms with E-state index in [0.29, 0.717) is 5.65 Å². The largest absolute Gasteiger partial charge is 0.348 e. The van der Waals surface area contributed by atoms with Crippen molar-refractivity contribution in [3.63, 3.8) is 0 Å². The molecule has 0 aliphatic carbocycles. The number of nitrogens with zero attached hydrogens (tertiary/aromatic N) is 3. The van der Waals surface area contributed by atoms with Crippen molar-refractivity contribution in [2.75, 3.05) is 0 Å². The van der Waals surface area contributed by atoms with E-state index in [-0.39, 0.29) is 5.69 Å². The summed E-state index contributed by atoms with van der Waals surface area (Å²) in [5.41, 5.74) is 3.44. The summed E-state index contributed by atoms with van der Waals surface area (Å²) in [7, 11) is 0. The van der Waals surface area contributed by atoms with Crippen molar-refractivity contribution in [3.05, 3.63) is 40.1 Å². The predicted octanol–water partition coefficient (Wildman–Crippen LogP) is 1.19. The number of hydrogen-bond acceptors (Lipinski definition) is 3. The minimum Gasteiger partial charge on any atom is -0.305 e. The monoisotopic (exact) mass is 214 g/mol. The number of hydrogen-bond donors (Lipinski definition) is 1. The maximum absolute atomic E-state index is 11.7. The third-order valence-corrected chi connectivity index (χ3v) is 2.94. The smallest absolute Gasteiger partial charge is 0.305 e. The highest BCUT2D eigenvalue weighted by Crippen LogP contribution is 2.21. The van der Waals surface area contributed by atoms with Crippen molar-refractivity contribution >= 4 is 16.6 Å². The molecule has 0 spiro atoms. The maximum Gasteiger partial charge on any atom is 0.348 e. The Hall–Kier alpha value is -2.17. The number of aryl methyl sites for hydroxylation is 2. The maximum atomic E-state index is 11.7. The molecule has 3 rings (SSSR count). The van der Waals surface area contributed by atoms with Gasteiger partial charge in [-0.25, -0.2) is 9.78 Å². The second-order valence-electron chi connectivity index (χ2n) is 3.86. The summed E-state index contributed by atoms with van der Waals surface area (Å²) in [4.78, 5) is 18.6. The Bertz CT molecular complexity index is 754. The van der Waals surface area contributed by atoms with Gasteiger partial charge in [0, 0.05) is 5.39 Å². The molecule has 0 radical (unpaired) electrons. The molecule has 0 atom stereocenters. The van der Waals surface area contributed by atoms with E-state index >= 15 is 0 Å². The summed E-state index contributed by atoms with van der Waals surface area (Å²) in [6, 6.07) is 3.88. The van der Waals surface area contributed by atoms with E-state index in [0.717, 1.165) is 16.5 Å². The number of rotatable bonds is 0. The fourth-order valence-corrected chi connectivity index (χ4v) is 1.94. The first-order valence-corrected chi connectivity index (χ1v) is 5.00. The molecule has 2 aromatic heterocycles. The van der Waals surface area contributed by atoms with Crippen molar-refractivity contribution in [1.82, 2.24) is 19.6 Å². The van der Waals surface area contributed by atoms with Gasteiger partial charge in [0.1, 0.15) is 6.33 Å². The first-order valence-electron chi connectivity index (χ1n) is 5.00. The summed E-state index contributed by atoms with van der Waals surface area (Å²) in [6.45, 7) is 4.05. The van der Waals surface area contributed by atoms with Crippen molar-refractivity contribution in [3.8, 4) is 0 Å². The Morgan fingerprint density at radius 1 is 1.31 bits per heavy atom. The van der Waals surface area contributed by atoms with E-state index < -0.39 is 0 Å². The molecule has 0 unspecified atom stereocenters. The molecule has 16 heavy (non-hydrogen) atoms. The Labute approximate surface area is 90.8 Å². The average Bonchev–Trinajstić information content (AvgIpc) is 2.73.